The van der Waals surface area contributed by atoms with E-state index in [-0.39, 0.29) is 17.5 Å². The van der Waals surface area contributed by atoms with Crippen LogP contribution in [0.1, 0.15) is 32.1 Å². The lowest BCUT2D eigenvalue weighted by atomic mass is 9.92. The van der Waals surface area contributed by atoms with Crippen LogP contribution in [0.4, 0.5) is 23.2 Å². The van der Waals surface area contributed by atoms with Crippen molar-refractivity contribution in [3.63, 3.8) is 0 Å². The van der Waals surface area contributed by atoms with Crippen LogP contribution in [0.3, 0.4) is 0 Å². The molecule has 2 heterocycles. The number of hydrogen-bond acceptors (Lipinski definition) is 4. The predicted octanol–water partition coefficient (Wildman–Crippen LogP) is 3.35. The van der Waals surface area contributed by atoms with Gasteiger partial charge in [-0.05, 0) is 49.8 Å². The smallest absolute Gasteiger partial charge is 0.370 e. The number of piperidine rings is 1. The molecule has 2 aliphatic rings. The molecule has 2 fully saturated rings. The van der Waals surface area contributed by atoms with E-state index in [0.717, 1.165) is 38.1 Å². The zero-order valence-corrected chi connectivity index (χ0v) is 16.0. The average molecular weight is 422 g/mol. The van der Waals surface area contributed by atoms with Crippen molar-refractivity contribution in [2.75, 3.05) is 31.1 Å². The molecule has 0 atom stereocenters. The molecule has 156 valence electrons. The molecule has 28 heavy (non-hydrogen) atoms. The van der Waals surface area contributed by atoms with Gasteiger partial charge in [-0.1, -0.05) is 0 Å². The molecule has 2 aliphatic heterocycles. The first-order valence-electron chi connectivity index (χ1n) is 9.23. The van der Waals surface area contributed by atoms with Crippen LogP contribution < -0.4 is 4.90 Å². The summed E-state index contributed by atoms with van der Waals surface area (Å²) in [6.07, 6.45) is 3.52. The lowest BCUT2D eigenvalue weighted by Crippen LogP contribution is -2.37. The standard InChI is InChI=1S/C18H22F4N2O3S/c19-14-3-4-15(16(12-14)28(26,27)18(20,21)22)23-9-5-13(6-10-23)11-17(25)24-7-1-2-8-24/h3-4,12-13H,1-2,5-11H2. The number of halogens is 4. The van der Waals surface area contributed by atoms with E-state index < -0.39 is 26.1 Å². The Bertz CT molecular complexity index is 828. The summed E-state index contributed by atoms with van der Waals surface area (Å²) in [6.45, 7) is 2.16. The number of hydrogen-bond donors (Lipinski definition) is 0. The minimum absolute atomic E-state index is 0.0954. The number of alkyl halides is 3. The first-order chi connectivity index (χ1) is 13.1. The van der Waals surface area contributed by atoms with E-state index in [1.165, 1.54) is 4.90 Å². The van der Waals surface area contributed by atoms with Gasteiger partial charge in [0.05, 0.1) is 5.69 Å². The number of amides is 1. The van der Waals surface area contributed by atoms with Crippen LogP contribution in [0.2, 0.25) is 0 Å². The van der Waals surface area contributed by atoms with Crippen LogP contribution in [-0.4, -0.2) is 50.9 Å². The van der Waals surface area contributed by atoms with Gasteiger partial charge < -0.3 is 9.80 Å². The highest BCUT2D eigenvalue weighted by atomic mass is 32.2. The molecule has 0 saturated carbocycles. The minimum Gasteiger partial charge on any atom is -0.370 e. The number of sulfone groups is 1. The zero-order valence-electron chi connectivity index (χ0n) is 15.2. The van der Waals surface area contributed by atoms with Gasteiger partial charge in [-0.15, -0.1) is 0 Å². The van der Waals surface area contributed by atoms with Gasteiger partial charge >= 0.3 is 5.51 Å². The normalized spacial score (nSPS) is 19.3. The highest BCUT2D eigenvalue weighted by molar-refractivity contribution is 7.92. The average Bonchev–Trinajstić information content (AvgIpc) is 3.16. The Kier molecular flexibility index (Phi) is 5.88. The van der Waals surface area contributed by atoms with Crippen molar-refractivity contribution in [2.24, 2.45) is 5.92 Å². The number of carbonyl (C=O) groups is 1. The molecule has 1 aromatic carbocycles. The summed E-state index contributed by atoms with van der Waals surface area (Å²) in [5, 5.41) is 0. The number of likely N-dealkylation sites (tertiary alicyclic amines) is 1. The molecule has 0 N–H and O–H groups in total. The van der Waals surface area contributed by atoms with E-state index >= 15 is 0 Å². The van der Waals surface area contributed by atoms with Crippen molar-refractivity contribution in [3.05, 3.63) is 24.0 Å². The first-order valence-corrected chi connectivity index (χ1v) is 10.7. The molecular formula is C18H22F4N2O3S. The summed E-state index contributed by atoms with van der Waals surface area (Å²) in [6, 6.07) is 2.44. The maximum absolute atomic E-state index is 13.5. The van der Waals surface area contributed by atoms with Crippen molar-refractivity contribution in [3.8, 4) is 0 Å². The number of nitrogens with zero attached hydrogens (tertiary/aromatic N) is 2. The third-order valence-electron chi connectivity index (χ3n) is 5.39. The van der Waals surface area contributed by atoms with Gasteiger partial charge in [-0.3, -0.25) is 4.79 Å². The monoisotopic (exact) mass is 422 g/mol. The minimum atomic E-state index is -5.66. The van der Waals surface area contributed by atoms with Crippen LogP contribution in [0.25, 0.3) is 0 Å². The van der Waals surface area contributed by atoms with Gasteiger partial charge in [0.2, 0.25) is 5.91 Å². The second-order valence-electron chi connectivity index (χ2n) is 7.28. The number of benzene rings is 1. The van der Waals surface area contributed by atoms with Crippen molar-refractivity contribution >= 4 is 21.4 Å². The fraction of sp³-hybridized carbons (Fsp3) is 0.611. The van der Waals surface area contributed by atoms with E-state index in [9.17, 15) is 30.8 Å². The third kappa shape index (κ3) is 4.26. The van der Waals surface area contributed by atoms with E-state index in [1.807, 2.05) is 4.90 Å². The van der Waals surface area contributed by atoms with Crippen molar-refractivity contribution in [1.29, 1.82) is 0 Å². The quantitative estimate of drug-likeness (QED) is 0.699. The first kappa shape index (κ1) is 20.9. The van der Waals surface area contributed by atoms with Gasteiger partial charge in [-0.25, -0.2) is 12.8 Å². The molecule has 0 spiro atoms. The predicted molar refractivity (Wildman–Crippen MR) is 95.0 cm³/mol. The molecule has 1 amide bonds. The molecule has 0 aliphatic carbocycles. The molecule has 0 aromatic heterocycles. The Morgan fingerprint density at radius 2 is 1.68 bits per heavy atom. The molecule has 10 heteroatoms. The van der Waals surface area contributed by atoms with Gasteiger partial charge in [-0.2, -0.15) is 13.2 Å². The Balaban J connectivity index is 1.71. The summed E-state index contributed by atoms with van der Waals surface area (Å²) >= 11 is 0. The SMILES string of the molecule is O=C(CC1CCN(c2ccc(F)cc2S(=O)(=O)C(F)(F)F)CC1)N1CCCC1. The van der Waals surface area contributed by atoms with Gasteiger partial charge in [0, 0.05) is 32.6 Å². The van der Waals surface area contributed by atoms with Crippen molar-refractivity contribution < 1.29 is 30.8 Å². The van der Waals surface area contributed by atoms with E-state index in [0.29, 0.717) is 38.4 Å². The molecule has 3 rings (SSSR count). The van der Waals surface area contributed by atoms with E-state index in [1.54, 1.807) is 0 Å². The Labute approximate surface area is 161 Å². The molecule has 0 radical (unpaired) electrons. The second kappa shape index (κ2) is 7.88. The Morgan fingerprint density at radius 3 is 2.25 bits per heavy atom. The van der Waals surface area contributed by atoms with E-state index in [2.05, 4.69) is 0 Å². The maximum atomic E-state index is 13.5. The van der Waals surface area contributed by atoms with E-state index in [4.69, 9.17) is 0 Å². The third-order valence-corrected chi connectivity index (χ3v) is 6.91. The van der Waals surface area contributed by atoms with Gasteiger partial charge in [0.15, 0.2) is 0 Å². The summed E-state index contributed by atoms with van der Waals surface area (Å²) in [5.74, 6) is -0.844. The molecule has 0 unspecified atom stereocenters. The largest absolute Gasteiger partial charge is 0.501 e. The van der Waals surface area contributed by atoms with Crippen LogP contribution in [0, 0.1) is 11.7 Å². The number of anilines is 1. The highest BCUT2D eigenvalue weighted by Gasteiger charge is 2.48. The van der Waals surface area contributed by atoms with Crippen LogP contribution in [0.5, 0.6) is 0 Å². The molecular weight excluding hydrogens is 400 g/mol. The summed E-state index contributed by atoms with van der Waals surface area (Å²) in [4.78, 5) is 14.6. The van der Waals surface area contributed by atoms with Gasteiger partial charge in [0.1, 0.15) is 10.7 Å². The molecule has 5 nitrogen and oxygen atoms in total. The zero-order chi connectivity index (χ0) is 20.5. The summed E-state index contributed by atoms with van der Waals surface area (Å²) < 4.78 is 76.2. The van der Waals surface area contributed by atoms with Crippen LogP contribution >= 0.6 is 0 Å². The number of carbonyl (C=O) groups excluding carboxylic acids is 1. The number of rotatable bonds is 4. The maximum Gasteiger partial charge on any atom is 0.501 e. The molecule has 0 bridgehead atoms. The van der Waals surface area contributed by atoms with Crippen molar-refractivity contribution in [2.45, 2.75) is 42.5 Å². The Morgan fingerprint density at radius 1 is 1.07 bits per heavy atom. The van der Waals surface area contributed by atoms with Crippen molar-refractivity contribution in [1.82, 2.24) is 4.90 Å². The summed E-state index contributed by atoms with van der Waals surface area (Å²) in [7, 11) is -5.66. The lowest BCUT2D eigenvalue weighted by molar-refractivity contribution is -0.131. The fourth-order valence-electron chi connectivity index (χ4n) is 3.81. The van der Waals surface area contributed by atoms with Gasteiger partial charge in [0.25, 0.3) is 9.84 Å². The summed E-state index contributed by atoms with van der Waals surface area (Å²) in [5.41, 5.74) is -5.65. The van der Waals surface area contributed by atoms with Crippen LogP contribution in [-0.2, 0) is 14.6 Å². The van der Waals surface area contributed by atoms with Crippen LogP contribution in [0.15, 0.2) is 23.1 Å². The fourth-order valence-corrected chi connectivity index (χ4v) is 4.80. The molecule has 2 saturated heterocycles. The topological polar surface area (TPSA) is 57.7 Å². The Hall–Kier alpha value is -1.84. The highest BCUT2D eigenvalue weighted by Crippen LogP contribution is 2.38. The lowest BCUT2D eigenvalue weighted by Gasteiger charge is -2.35. The second-order valence-corrected chi connectivity index (χ2v) is 9.19. The molecule has 1 aromatic rings.